The van der Waals surface area contributed by atoms with Crippen molar-refractivity contribution in [1.29, 1.82) is 0 Å². The van der Waals surface area contributed by atoms with E-state index in [9.17, 15) is 19.2 Å². The van der Waals surface area contributed by atoms with Gasteiger partial charge in [0.2, 0.25) is 5.91 Å². The van der Waals surface area contributed by atoms with E-state index in [4.69, 9.17) is 4.74 Å². The Morgan fingerprint density at radius 1 is 1.19 bits per heavy atom. The zero-order valence-electron chi connectivity index (χ0n) is 18.1. The number of hydrogen-bond donors (Lipinski definition) is 2. The van der Waals surface area contributed by atoms with Gasteiger partial charge in [0, 0.05) is 14.1 Å². The molecule has 0 bridgehead atoms. The van der Waals surface area contributed by atoms with E-state index in [0.717, 1.165) is 16.0 Å². The van der Waals surface area contributed by atoms with E-state index in [0.29, 0.717) is 0 Å². The van der Waals surface area contributed by atoms with Crippen LogP contribution in [-0.4, -0.2) is 71.5 Å². The highest BCUT2D eigenvalue weighted by atomic mass is 32.2. The van der Waals surface area contributed by atoms with E-state index >= 15 is 0 Å². The van der Waals surface area contributed by atoms with Gasteiger partial charge in [-0.2, -0.15) is 0 Å². The molecule has 2 fully saturated rings. The number of nitrogens with zero attached hydrogens (tertiary/aromatic N) is 2. The highest BCUT2D eigenvalue weighted by molar-refractivity contribution is 8.00. The summed E-state index contributed by atoms with van der Waals surface area (Å²) in [6.45, 7) is 3.90. The number of carbonyl (C=O) groups is 4. The number of benzene rings is 1. The van der Waals surface area contributed by atoms with Crippen LogP contribution in [0.25, 0.3) is 0 Å². The lowest BCUT2D eigenvalue weighted by Crippen LogP contribution is -2.72. The number of thioether (sulfide) groups is 1. The molecule has 168 valence electrons. The molecule has 9 nitrogen and oxygen atoms in total. The fraction of sp³-hybridized carbons (Fsp3) is 0.524. The fourth-order valence-corrected chi connectivity index (χ4v) is 5.02. The van der Waals surface area contributed by atoms with Crippen LogP contribution in [-0.2, 0) is 19.1 Å². The molecular formula is C21H28N4O5S. The number of urea groups is 1. The van der Waals surface area contributed by atoms with Gasteiger partial charge in [-0.25, -0.2) is 4.79 Å². The number of carbonyl (C=O) groups excluding carboxylic acids is 4. The Morgan fingerprint density at radius 3 is 2.61 bits per heavy atom. The highest BCUT2D eigenvalue weighted by Crippen LogP contribution is 2.34. The number of aryl methyl sites for hydroxylation is 1. The summed E-state index contributed by atoms with van der Waals surface area (Å²) in [5, 5.41) is 6.35. The van der Waals surface area contributed by atoms with Crippen molar-refractivity contribution in [2.24, 2.45) is 5.92 Å². The number of nitrogens with one attached hydrogen (secondary N) is 2. The lowest BCUT2D eigenvalue weighted by atomic mass is 9.95. The highest BCUT2D eigenvalue weighted by Gasteiger charge is 2.51. The Morgan fingerprint density at radius 2 is 1.94 bits per heavy atom. The summed E-state index contributed by atoms with van der Waals surface area (Å²) < 4.78 is 4.83. The first-order valence-corrected chi connectivity index (χ1v) is 11.2. The van der Waals surface area contributed by atoms with Crippen LogP contribution < -0.4 is 10.6 Å². The van der Waals surface area contributed by atoms with Gasteiger partial charge in [0.25, 0.3) is 0 Å². The molecule has 1 aromatic rings. The summed E-state index contributed by atoms with van der Waals surface area (Å²) in [6, 6.07) is 7.54. The Hall–Kier alpha value is -2.43. The molecule has 4 atom stereocenters. The van der Waals surface area contributed by atoms with Gasteiger partial charge < -0.3 is 9.64 Å². The minimum atomic E-state index is -0.589. The summed E-state index contributed by atoms with van der Waals surface area (Å²) >= 11 is 1.27. The van der Waals surface area contributed by atoms with Crippen molar-refractivity contribution in [3.8, 4) is 0 Å². The summed E-state index contributed by atoms with van der Waals surface area (Å²) in [5.41, 5.74) is 2.05. The monoisotopic (exact) mass is 448 g/mol. The van der Waals surface area contributed by atoms with Gasteiger partial charge in [0.05, 0.1) is 36.0 Å². The second kappa shape index (κ2) is 9.80. The minimum Gasteiger partial charge on any atom is -0.466 e. The van der Waals surface area contributed by atoms with Gasteiger partial charge in [-0.05, 0) is 19.4 Å². The Bertz CT molecular complexity index is 879. The molecule has 3 rings (SSSR count). The van der Waals surface area contributed by atoms with Gasteiger partial charge >= 0.3 is 12.0 Å². The van der Waals surface area contributed by atoms with Crippen LogP contribution in [0.1, 0.15) is 30.6 Å². The van der Waals surface area contributed by atoms with Crippen molar-refractivity contribution in [1.82, 2.24) is 20.4 Å². The Balaban J connectivity index is 1.81. The van der Waals surface area contributed by atoms with E-state index in [1.54, 1.807) is 14.0 Å². The first kappa shape index (κ1) is 23.2. The lowest BCUT2D eigenvalue weighted by molar-refractivity contribution is -0.145. The van der Waals surface area contributed by atoms with Crippen molar-refractivity contribution in [3.05, 3.63) is 35.4 Å². The van der Waals surface area contributed by atoms with E-state index in [-0.39, 0.29) is 42.7 Å². The van der Waals surface area contributed by atoms with Crippen LogP contribution in [0.5, 0.6) is 0 Å². The van der Waals surface area contributed by atoms with Crippen LogP contribution in [0.15, 0.2) is 24.3 Å². The van der Waals surface area contributed by atoms with Crippen LogP contribution in [0.2, 0.25) is 0 Å². The van der Waals surface area contributed by atoms with Crippen molar-refractivity contribution in [3.63, 3.8) is 0 Å². The number of Topliss-reactive ketones (excluding diaryl/α,β-unsaturated/α-hetero) is 1. The van der Waals surface area contributed by atoms with E-state index in [1.165, 1.54) is 23.7 Å². The third-order valence-electron chi connectivity index (χ3n) is 5.40. The van der Waals surface area contributed by atoms with Crippen molar-refractivity contribution < 1.29 is 23.9 Å². The molecule has 10 heteroatoms. The van der Waals surface area contributed by atoms with Gasteiger partial charge in [-0.3, -0.25) is 29.9 Å². The van der Waals surface area contributed by atoms with Crippen molar-refractivity contribution >= 4 is 35.5 Å². The number of imide groups is 1. The first-order chi connectivity index (χ1) is 14.7. The molecule has 31 heavy (non-hydrogen) atoms. The number of fused-ring (bicyclic) bond motifs is 1. The average Bonchev–Trinajstić information content (AvgIpc) is 2.74. The molecule has 2 saturated heterocycles. The maximum absolute atomic E-state index is 13.0. The molecule has 2 aliphatic heterocycles. The molecule has 0 spiro atoms. The van der Waals surface area contributed by atoms with Gasteiger partial charge in [0.1, 0.15) is 6.42 Å². The number of ether oxygens (including phenoxy) is 1. The molecule has 0 aliphatic carbocycles. The summed E-state index contributed by atoms with van der Waals surface area (Å²) in [5.74, 6) is -1.68. The quantitative estimate of drug-likeness (QED) is 0.474. The van der Waals surface area contributed by atoms with Crippen LogP contribution in [0.4, 0.5) is 4.79 Å². The molecule has 1 aromatic carbocycles. The van der Waals surface area contributed by atoms with E-state index < -0.39 is 23.4 Å². The Kier molecular flexibility index (Phi) is 7.34. The predicted octanol–water partition coefficient (Wildman–Crippen LogP) is 1.23. The summed E-state index contributed by atoms with van der Waals surface area (Å²) in [6.07, 6.45) is -1.14. The molecule has 2 N–H and O–H groups in total. The Labute approximate surface area is 185 Å². The molecule has 0 radical (unpaired) electrons. The van der Waals surface area contributed by atoms with Gasteiger partial charge in [-0.15, -0.1) is 11.8 Å². The smallest absolute Gasteiger partial charge is 0.327 e. The topological polar surface area (TPSA) is 108 Å². The largest absolute Gasteiger partial charge is 0.466 e. The summed E-state index contributed by atoms with van der Waals surface area (Å²) in [4.78, 5) is 51.9. The maximum Gasteiger partial charge on any atom is 0.327 e. The zero-order valence-corrected chi connectivity index (χ0v) is 18.9. The van der Waals surface area contributed by atoms with Crippen molar-refractivity contribution in [2.75, 3.05) is 26.5 Å². The third-order valence-corrected chi connectivity index (χ3v) is 6.68. The molecular weight excluding hydrogens is 420 g/mol. The second-order valence-corrected chi connectivity index (χ2v) is 8.82. The van der Waals surface area contributed by atoms with Crippen LogP contribution in [0.3, 0.4) is 0 Å². The van der Waals surface area contributed by atoms with Gasteiger partial charge in [0.15, 0.2) is 5.78 Å². The molecule has 2 aliphatic rings. The van der Waals surface area contributed by atoms with Crippen LogP contribution in [0, 0.1) is 12.8 Å². The normalized spacial score (nSPS) is 25.9. The fourth-order valence-electron chi connectivity index (χ4n) is 3.85. The molecule has 0 aromatic heterocycles. The van der Waals surface area contributed by atoms with Crippen LogP contribution >= 0.6 is 11.8 Å². The van der Waals surface area contributed by atoms with Gasteiger partial charge in [-0.1, -0.05) is 29.8 Å². The zero-order chi connectivity index (χ0) is 22.7. The number of rotatable bonds is 7. The SMILES string of the molecule is CCOC(=O)CC(=O)CSC1NC(c2cccc(C)c2)NC2C1C(=O)N(C)C(=O)N2C. The number of amides is 3. The molecule has 2 heterocycles. The molecule has 4 unspecified atom stereocenters. The average molecular weight is 449 g/mol. The first-order valence-electron chi connectivity index (χ1n) is 10.1. The third kappa shape index (κ3) is 5.08. The van der Waals surface area contributed by atoms with E-state index in [2.05, 4.69) is 10.6 Å². The van der Waals surface area contributed by atoms with Crippen molar-refractivity contribution in [2.45, 2.75) is 38.0 Å². The lowest BCUT2D eigenvalue weighted by Gasteiger charge is -2.50. The number of ketones is 1. The second-order valence-electron chi connectivity index (χ2n) is 7.69. The number of esters is 1. The number of hydrogen-bond acceptors (Lipinski definition) is 8. The standard InChI is InChI=1S/C21H28N4O5S/c1-5-30-15(27)10-14(26)11-31-19-16-18(24(3)21(29)25(4)20(16)28)22-17(23-19)13-8-6-7-12(2)9-13/h6-9,16-19,22-23H,5,10-11H2,1-4H3. The summed E-state index contributed by atoms with van der Waals surface area (Å²) in [7, 11) is 3.11. The minimum absolute atomic E-state index is 0.0505. The molecule has 0 saturated carbocycles. The predicted molar refractivity (Wildman–Crippen MR) is 116 cm³/mol. The molecule has 3 amide bonds. The maximum atomic E-state index is 13.0. The van der Waals surface area contributed by atoms with E-state index in [1.807, 2.05) is 31.2 Å².